The maximum Gasteiger partial charge on any atom is 0.290 e. The van der Waals surface area contributed by atoms with E-state index in [2.05, 4.69) is 19.2 Å². The molecular weight excluding hydrogens is 496 g/mol. The molecule has 2 aromatic rings. The second-order valence-corrected chi connectivity index (χ2v) is 10.1. The first-order valence-corrected chi connectivity index (χ1v) is 12.8. The van der Waals surface area contributed by atoms with Gasteiger partial charge in [-0.25, -0.2) is 4.90 Å². The smallest absolute Gasteiger partial charge is 0.290 e. The van der Waals surface area contributed by atoms with Crippen molar-refractivity contribution in [3.63, 3.8) is 0 Å². The lowest BCUT2D eigenvalue weighted by molar-refractivity contribution is -0.148. The van der Waals surface area contributed by atoms with Gasteiger partial charge in [-0.3, -0.25) is 14.4 Å². The van der Waals surface area contributed by atoms with E-state index in [0.717, 1.165) is 4.90 Å². The van der Waals surface area contributed by atoms with Crippen LogP contribution in [0, 0.1) is 18.8 Å². The van der Waals surface area contributed by atoms with Crippen molar-refractivity contribution in [3.8, 4) is 0 Å². The van der Waals surface area contributed by atoms with Crippen molar-refractivity contribution in [1.29, 1.82) is 0 Å². The Kier molecular flexibility index (Phi) is 8.32. The van der Waals surface area contributed by atoms with Crippen LogP contribution >= 0.6 is 11.6 Å². The van der Waals surface area contributed by atoms with Gasteiger partial charge in [0.1, 0.15) is 0 Å². The number of aryl methyl sites for hydroxylation is 1. The summed E-state index contributed by atoms with van der Waals surface area (Å²) in [5.74, 6) is -0.655. The van der Waals surface area contributed by atoms with E-state index >= 15 is 0 Å². The number of unbranched alkanes of at least 4 members (excludes halogenated alkanes) is 1. The molecule has 8 nitrogen and oxygen atoms in total. The topological polar surface area (TPSA) is 105 Å². The van der Waals surface area contributed by atoms with Crippen molar-refractivity contribution in [2.75, 3.05) is 23.4 Å². The molecule has 0 unspecified atom stereocenters. The first-order valence-electron chi connectivity index (χ1n) is 12.4. The van der Waals surface area contributed by atoms with Gasteiger partial charge >= 0.3 is 0 Å². The third-order valence-corrected chi connectivity index (χ3v) is 6.80. The summed E-state index contributed by atoms with van der Waals surface area (Å²) in [5, 5.41) is 12.2. The van der Waals surface area contributed by atoms with Gasteiger partial charge in [0.05, 0.1) is 23.4 Å². The first-order chi connectivity index (χ1) is 17.7. The molecule has 9 heteroatoms. The maximum absolute atomic E-state index is 13.1. The molecule has 2 aromatic carbocycles. The molecule has 0 saturated heterocycles. The number of aliphatic hydroxyl groups is 1. The quantitative estimate of drug-likeness (QED) is 0.349. The molecule has 37 heavy (non-hydrogen) atoms. The van der Waals surface area contributed by atoms with Crippen LogP contribution < -0.4 is 10.2 Å². The number of hydrogen-bond donors (Lipinski definition) is 2. The van der Waals surface area contributed by atoms with E-state index in [1.807, 2.05) is 6.08 Å². The van der Waals surface area contributed by atoms with Crippen LogP contribution in [-0.4, -0.2) is 42.3 Å². The van der Waals surface area contributed by atoms with Gasteiger partial charge < -0.3 is 19.9 Å². The number of carbonyl (C=O) groups is 3. The molecule has 2 heterocycles. The highest BCUT2D eigenvalue weighted by Gasteiger charge is 2.37. The van der Waals surface area contributed by atoms with Gasteiger partial charge in [0, 0.05) is 23.7 Å². The van der Waals surface area contributed by atoms with Crippen LogP contribution in [0.2, 0.25) is 5.02 Å². The van der Waals surface area contributed by atoms with Crippen molar-refractivity contribution < 1.29 is 29.0 Å². The van der Waals surface area contributed by atoms with E-state index in [1.165, 1.54) is 6.07 Å². The number of rotatable bonds is 9. The third-order valence-electron chi connectivity index (χ3n) is 6.57. The summed E-state index contributed by atoms with van der Waals surface area (Å²) in [5.41, 5.74) is 2.15. The Balaban J connectivity index is 1.47. The summed E-state index contributed by atoms with van der Waals surface area (Å²) in [7, 11) is 0. The van der Waals surface area contributed by atoms with Crippen LogP contribution in [0.4, 0.5) is 11.4 Å². The van der Waals surface area contributed by atoms with E-state index in [-0.39, 0.29) is 23.8 Å². The average Bonchev–Trinajstić information content (AvgIpc) is 3.10. The number of benzene rings is 2. The Labute approximate surface area is 221 Å². The molecule has 4 rings (SSSR count). The van der Waals surface area contributed by atoms with Crippen molar-refractivity contribution in [3.05, 3.63) is 69.9 Å². The number of imide groups is 1. The molecule has 0 aliphatic carbocycles. The van der Waals surface area contributed by atoms with Gasteiger partial charge in [-0.15, -0.1) is 0 Å². The Hall–Kier alpha value is -3.20. The molecule has 2 atom stereocenters. The number of allylic oxidation sites excluding steroid dienone is 1. The lowest BCUT2D eigenvalue weighted by Crippen LogP contribution is -2.32. The van der Waals surface area contributed by atoms with Crippen molar-refractivity contribution in [1.82, 2.24) is 0 Å². The second kappa shape index (κ2) is 11.5. The number of aliphatic hydroxyl groups excluding tert-OH is 1. The van der Waals surface area contributed by atoms with Crippen LogP contribution in [0.15, 0.2) is 48.2 Å². The molecular formula is C28H31ClN2O6. The summed E-state index contributed by atoms with van der Waals surface area (Å²) in [4.78, 5) is 40.0. The molecule has 2 aliphatic heterocycles. The molecule has 0 fully saturated rings. The SMILES string of the molecule is Cc1cc(NC(=O)C2=C[C@@H](C(C)C)C[C@@H](OCCCCO)O2)ccc1N1C(=O)c2ccc(Cl)cc2C1=O. The Morgan fingerprint density at radius 2 is 1.92 bits per heavy atom. The predicted octanol–water partition coefficient (Wildman–Crippen LogP) is 5.08. The summed E-state index contributed by atoms with van der Waals surface area (Å²) < 4.78 is 11.7. The molecule has 2 aliphatic rings. The number of nitrogens with one attached hydrogen (secondary N) is 1. The Morgan fingerprint density at radius 1 is 1.16 bits per heavy atom. The highest BCUT2D eigenvalue weighted by atomic mass is 35.5. The minimum atomic E-state index is -0.539. The number of halogens is 1. The summed E-state index contributed by atoms with van der Waals surface area (Å²) in [6.45, 7) is 6.48. The van der Waals surface area contributed by atoms with Gasteiger partial charge in [-0.05, 0) is 79.6 Å². The van der Waals surface area contributed by atoms with Crippen molar-refractivity contribution >= 4 is 40.7 Å². The molecule has 0 bridgehead atoms. The number of amides is 3. The van der Waals surface area contributed by atoms with Gasteiger partial charge in [-0.2, -0.15) is 0 Å². The lowest BCUT2D eigenvalue weighted by atomic mass is 9.90. The molecule has 0 saturated carbocycles. The van der Waals surface area contributed by atoms with E-state index in [4.69, 9.17) is 26.2 Å². The van der Waals surface area contributed by atoms with E-state index < -0.39 is 24.0 Å². The summed E-state index contributed by atoms with van der Waals surface area (Å²) >= 11 is 6.01. The van der Waals surface area contributed by atoms with E-state index in [0.29, 0.717) is 59.3 Å². The lowest BCUT2D eigenvalue weighted by Gasteiger charge is -2.31. The standard InChI is InChI=1S/C28H31ClN2O6/c1-16(2)18-13-24(37-25(14-18)36-11-5-4-10-32)26(33)30-20-7-9-23(17(3)12-20)31-27(34)21-8-6-19(29)15-22(21)28(31)35/h6-9,12-13,15-16,18,25,32H,4-5,10-11,14H2,1-3H3,(H,30,33)/t18-,25+/m1/s1. The fourth-order valence-corrected chi connectivity index (χ4v) is 4.62. The Bertz CT molecular complexity index is 1240. The number of ether oxygens (including phenoxy) is 2. The van der Waals surface area contributed by atoms with Crippen LogP contribution in [0.1, 0.15) is 59.4 Å². The van der Waals surface area contributed by atoms with Gasteiger partial charge in [-0.1, -0.05) is 25.4 Å². The van der Waals surface area contributed by atoms with Crippen molar-refractivity contribution in [2.45, 2.75) is 46.3 Å². The zero-order valence-electron chi connectivity index (χ0n) is 21.1. The molecule has 0 aromatic heterocycles. The third kappa shape index (κ3) is 5.87. The fourth-order valence-electron chi connectivity index (χ4n) is 4.45. The number of nitrogens with zero attached hydrogens (tertiary/aromatic N) is 1. The number of hydrogen-bond acceptors (Lipinski definition) is 6. The summed E-state index contributed by atoms with van der Waals surface area (Å²) in [6, 6.07) is 9.60. The van der Waals surface area contributed by atoms with Crippen LogP contribution in [-0.2, 0) is 14.3 Å². The zero-order chi connectivity index (χ0) is 26.7. The molecule has 196 valence electrons. The average molecular weight is 527 g/mol. The normalized spacial score (nSPS) is 19.1. The highest BCUT2D eigenvalue weighted by Crippen LogP contribution is 2.34. The van der Waals surface area contributed by atoms with E-state index in [1.54, 1.807) is 37.3 Å². The van der Waals surface area contributed by atoms with Crippen LogP contribution in [0.5, 0.6) is 0 Å². The molecule has 2 N–H and O–H groups in total. The van der Waals surface area contributed by atoms with Gasteiger partial charge in [0.2, 0.25) is 6.29 Å². The highest BCUT2D eigenvalue weighted by molar-refractivity contribution is 6.37. The maximum atomic E-state index is 13.1. The predicted molar refractivity (Wildman–Crippen MR) is 141 cm³/mol. The Morgan fingerprint density at radius 3 is 2.62 bits per heavy atom. The number of fused-ring (bicyclic) bond motifs is 1. The monoisotopic (exact) mass is 526 g/mol. The van der Waals surface area contributed by atoms with Crippen LogP contribution in [0.3, 0.4) is 0 Å². The fraction of sp³-hybridized carbons (Fsp3) is 0.393. The zero-order valence-corrected chi connectivity index (χ0v) is 21.9. The minimum Gasteiger partial charge on any atom is -0.459 e. The number of carbonyl (C=O) groups excluding carboxylic acids is 3. The number of anilines is 2. The molecule has 0 spiro atoms. The summed E-state index contributed by atoms with van der Waals surface area (Å²) in [6.07, 6.45) is 3.29. The van der Waals surface area contributed by atoms with Crippen molar-refractivity contribution in [2.24, 2.45) is 11.8 Å². The van der Waals surface area contributed by atoms with E-state index in [9.17, 15) is 14.4 Å². The van der Waals surface area contributed by atoms with Gasteiger partial charge in [0.25, 0.3) is 17.7 Å². The second-order valence-electron chi connectivity index (χ2n) is 9.61. The first kappa shape index (κ1) is 26.9. The molecule has 3 amide bonds. The largest absolute Gasteiger partial charge is 0.459 e. The van der Waals surface area contributed by atoms with Gasteiger partial charge in [0.15, 0.2) is 5.76 Å². The molecule has 0 radical (unpaired) electrons. The minimum absolute atomic E-state index is 0.108. The van der Waals surface area contributed by atoms with Crippen LogP contribution in [0.25, 0.3) is 0 Å².